The molecule has 0 saturated heterocycles. The third-order valence-electron chi connectivity index (χ3n) is 1.52. The second-order valence-electron chi connectivity index (χ2n) is 2.40. The lowest BCUT2D eigenvalue weighted by molar-refractivity contribution is -0.117. The normalized spacial score (nSPS) is 12.3. The monoisotopic (exact) mass is 156 g/mol. The lowest BCUT2D eigenvalue weighted by atomic mass is 10.1. The van der Waals surface area contributed by atoms with E-state index >= 15 is 0 Å². The topological polar surface area (TPSA) is 55.1 Å². The molecular formula is C8H16N2O. The summed E-state index contributed by atoms with van der Waals surface area (Å²) in [5, 5.41) is 2.64. The van der Waals surface area contributed by atoms with Crippen LogP contribution in [-0.4, -0.2) is 18.5 Å². The van der Waals surface area contributed by atoms with Crippen LogP contribution in [0.3, 0.4) is 0 Å². The Kier molecular flexibility index (Phi) is 4.54. The van der Waals surface area contributed by atoms with Crippen molar-refractivity contribution in [1.29, 1.82) is 0 Å². The number of hydrogen-bond acceptors (Lipinski definition) is 2. The van der Waals surface area contributed by atoms with Crippen molar-refractivity contribution in [2.24, 2.45) is 5.73 Å². The van der Waals surface area contributed by atoms with Crippen molar-refractivity contribution in [1.82, 2.24) is 5.32 Å². The standard InChI is InChI=1S/C8H16N2O/c1-4-7(9)6(3)8(11)10-5-2/h7H,3-5,9H2,1-2H3,(H,10,11). The first-order valence-corrected chi connectivity index (χ1v) is 3.86. The number of carbonyl (C=O) groups is 1. The Morgan fingerprint density at radius 3 is 2.55 bits per heavy atom. The molecule has 0 saturated carbocycles. The average molecular weight is 156 g/mol. The quantitative estimate of drug-likeness (QED) is 0.579. The van der Waals surface area contributed by atoms with Crippen molar-refractivity contribution in [3.8, 4) is 0 Å². The molecule has 0 aliphatic rings. The van der Waals surface area contributed by atoms with Gasteiger partial charge >= 0.3 is 0 Å². The molecule has 11 heavy (non-hydrogen) atoms. The maximum Gasteiger partial charge on any atom is 0.248 e. The molecule has 3 heteroatoms. The van der Waals surface area contributed by atoms with E-state index in [0.29, 0.717) is 12.1 Å². The third kappa shape index (κ3) is 3.18. The average Bonchev–Trinajstić information content (AvgIpc) is 2.02. The Morgan fingerprint density at radius 1 is 1.64 bits per heavy atom. The summed E-state index contributed by atoms with van der Waals surface area (Å²) in [5.41, 5.74) is 6.05. The van der Waals surface area contributed by atoms with Gasteiger partial charge in [0.25, 0.3) is 0 Å². The Labute approximate surface area is 67.7 Å². The molecule has 0 fully saturated rings. The van der Waals surface area contributed by atoms with Gasteiger partial charge in [-0.2, -0.15) is 0 Å². The van der Waals surface area contributed by atoms with Crippen molar-refractivity contribution in [3.63, 3.8) is 0 Å². The Hall–Kier alpha value is -0.830. The number of likely N-dealkylation sites (N-methyl/N-ethyl adjacent to an activating group) is 1. The van der Waals surface area contributed by atoms with E-state index in [-0.39, 0.29) is 11.9 Å². The first kappa shape index (κ1) is 10.2. The van der Waals surface area contributed by atoms with E-state index in [1.54, 1.807) is 0 Å². The Bertz CT molecular complexity index is 154. The van der Waals surface area contributed by atoms with Gasteiger partial charge < -0.3 is 11.1 Å². The largest absolute Gasteiger partial charge is 0.353 e. The molecule has 3 N–H and O–H groups in total. The molecular weight excluding hydrogens is 140 g/mol. The summed E-state index contributed by atoms with van der Waals surface area (Å²) in [6.45, 7) is 8.02. The first-order valence-electron chi connectivity index (χ1n) is 3.86. The highest BCUT2D eigenvalue weighted by Crippen LogP contribution is 1.99. The minimum atomic E-state index is -0.207. The minimum Gasteiger partial charge on any atom is -0.353 e. The smallest absolute Gasteiger partial charge is 0.248 e. The zero-order valence-electron chi connectivity index (χ0n) is 7.18. The molecule has 0 aromatic carbocycles. The molecule has 1 unspecified atom stereocenters. The van der Waals surface area contributed by atoms with Crippen molar-refractivity contribution in [2.45, 2.75) is 26.3 Å². The van der Waals surface area contributed by atoms with Crippen LogP contribution < -0.4 is 11.1 Å². The molecule has 0 aliphatic heterocycles. The van der Waals surface area contributed by atoms with E-state index in [0.717, 1.165) is 6.42 Å². The molecule has 1 atom stereocenters. The maximum absolute atomic E-state index is 11.1. The van der Waals surface area contributed by atoms with Crippen LogP contribution in [-0.2, 0) is 4.79 Å². The minimum absolute atomic E-state index is 0.137. The molecule has 0 aliphatic carbocycles. The molecule has 0 aromatic heterocycles. The summed E-state index contributed by atoms with van der Waals surface area (Å²) < 4.78 is 0. The van der Waals surface area contributed by atoms with Crippen LogP contribution in [0.4, 0.5) is 0 Å². The van der Waals surface area contributed by atoms with Crippen molar-refractivity contribution in [3.05, 3.63) is 12.2 Å². The lowest BCUT2D eigenvalue weighted by Crippen LogP contribution is -2.33. The first-order chi connectivity index (χ1) is 5.13. The van der Waals surface area contributed by atoms with Gasteiger partial charge in [0.1, 0.15) is 0 Å². The number of nitrogens with two attached hydrogens (primary N) is 1. The molecule has 0 heterocycles. The Balaban J connectivity index is 3.92. The summed E-state index contributed by atoms with van der Waals surface area (Å²) in [6.07, 6.45) is 0.746. The van der Waals surface area contributed by atoms with E-state index in [9.17, 15) is 4.79 Å². The van der Waals surface area contributed by atoms with Crippen LogP contribution in [0.2, 0.25) is 0 Å². The molecule has 3 nitrogen and oxygen atoms in total. The molecule has 0 spiro atoms. The van der Waals surface area contributed by atoms with E-state index in [2.05, 4.69) is 11.9 Å². The van der Waals surface area contributed by atoms with Gasteiger partial charge in [0.2, 0.25) is 5.91 Å². The fourth-order valence-corrected chi connectivity index (χ4v) is 0.689. The highest BCUT2D eigenvalue weighted by atomic mass is 16.1. The molecule has 0 radical (unpaired) electrons. The molecule has 0 aromatic rings. The van der Waals surface area contributed by atoms with Crippen LogP contribution in [0.15, 0.2) is 12.2 Å². The van der Waals surface area contributed by atoms with Gasteiger partial charge in [0, 0.05) is 18.2 Å². The van der Waals surface area contributed by atoms with Crippen LogP contribution >= 0.6 is 0 Å². The van der Waals surface area contributed by atoms with Gasteiger partial charge in [-0.05, 0) is 13.3 Å². The number of amides is 1. The van der Waals surface area contributed by atoms with Gasteiger partial charge in [0.15, 0.2) is 0 Å². The number of carbonyl (C=O) groups excluding carboxylic acids is 1. The van der Waals surface area contributed by atoms with Crippen molar-refractivity contribution >= 4 is 5.91 Å². The van der Waals surface area contributed by atoms with Gasteiger partial charge in [-0.15, -0.1) is 0 Å². The van der Waals surface area contributed by atoms with E-state index < -0.39 is 0 Å². The van der Waals surface area contributed by atoms with E-state index in [1.807, 2.05) is 13.8 Å². The Morgan fingerprint density at radius 2 is 2.18 bits per heavy atom. The van der Waals surface area contributed by atoms with Gasteiger partial charge in [-0.25, -0.2) is 0 Å². The zero-order chi connectivity index (χ0) is 8.85. The van der Waals surface area contributed by atoms with Gasteiger partial charge in [0.05, 0.1) is 0 Å². The van der Waals surface area contributed by atoms with Crippen LogP contribution in [0.5, 0.6) is 0 Å². The summed E-state index contributed by atoms with van der Waals surface area (Å²) in [4.78, 5) is 11.1. The second kappa shape index (κ2) is 4.91. The van der Waals surface area contributed by atoms with Crippen LogP contribution in [0, 0.1) is 0 Å². The van der Waals surface area contributed by atoms with E-state index in [1.165, 1.54) is 0 Å². The molecule has 0 bridgehead atoms. The number of rotatable bonds is 4. The SMILES string of the molecule is C=C(C(=O)NCC)C(N)CC. The summed E-state index contributed by atoms with van der Waals surface area (Å²) in [7, 11) is 0. The highest BCUT2D eigenvalue weighted by Gasteiger charge is 2.11. The summed E-state index contributed by atoms with van der Waals surface area (Å²) >= 11 is 0. The van der Waals surface area contributed by atoms with E-state index in [4.69, 9.17) is 5.73 Å². The summed E-state index contributed by atoms with van der Waals surface area (Å²) in [5.74, 6) is -0.137. The maximum atomic E-state index is 11.1. The van der Waals surface area contributed by atoms with Crippen molar-refractivity contribution < 1.29 is 4.79 Å². The molecule has 64 valence electrons. The third-order valence-corrected chi connectivity index (χ3v) is 1.52. The molecule has 1 amide bonds. The zero-order valence-corrected chi connectivity index (χ0v) is 7.18. The second-order valence-corrected chi connectivity index (χ2v) is 2.40. The predicted molar refractivity (Wildman–Crippen MR) is 46.1 cm³/mol. The fraction of sp³-hybridized carbons (Fsp3) is 0.625. The fourth-order valence-electron chi connectivity index (χ4n) is 0.689. The summed E-state index contributed by atoms with van der Waals surface area (Å²) in [6, 6.07) is -0.207. The number of nitrogens with one attached hydrogen (secondary N) is 1. The van der Waals surface area contributed by atoms with Gasteiger partial charge in [-0.3, -0.25) is 4.79 Å². The highest BCUT2D eigenvalue weighted by molar-refractivity contribution is 5.93. The predicted octanol–water partition coefficient (Wildman–Crippen LogP) is 0.416. The van der Waals surface area contributed by atoms with Crippen molar-refractivity contribution in [2.75, 3.05) is 6.54 Å². The number of hydrogen-bond donors (Lipinski definition) is 2. The van der Waals surface area contributed by atoms with Crippen LogP contribution in [0.1, 0.15) is 20.3 Å². The van der Waals surface area contributed by atoms with Crippen LogP contribution in [0.25, 0.3) is 0 Å². The lowest BCUT2D eigenvalue weighted by Gasteiger charge is -2.11. The van der Waals surface area contributed by atoms with Gasteiger partial charge in [-0.1, -0.05) is 13.5 Å². The molecule has 0 rings (SSSR count).